The molecule has 0 spiro atoms. The van der Waals surface area contributed by atoms with Crippen LogP contribution >= 0.6 is 23.2 Å². The number of hydrogen-bond acceptors (Lipinski definition) is 1. The van der Waals surface area contributed by atoms with Gasteiger partial charge in [0.05, 0.1) is 15.7 Å². The van der Waals surface area contributed by atoms with Gasteiger partial charge in [0, 0.05) is 6.54 Å². The molecule has 2 aromatic rings. The van der Waals surface area contributed by atoms with E-state index in [0.717, 1.165) is 12.2 Å². The maximum atomic E-state index is 6.11. The van der Waals surface area contributed by atoms with Gasteiger partial charge in [0.1, 0.15) is 0 Å². The van der Waals surface area contributed by atoms with Crippen LogP contribution in [0.3, 0.4) is 0 Å². The zero-order valence-corrected chi connectivity index (χ0v) is 11.9. The van der Waals surface area contributed by atoms with Crippen LogP contribution in [-0.2, 0) is 6.54 Å². The maximum Gasteiger partial charge on any atom is 0.0721 e. The Hall–Kier alpha value is -1.18. The van der Waals surface area contributed by atoms with Crippen LogP contribution in [0.15, 0.2) is 36.4 Å². The van der Waals surface area contributed by atoms with Crippen molar-refractivity contribution in [1.82, 2.24) is 0 Å². The van der Waals surface area contributed by atoms with Crippen molar-refractivity contribution in [3.8, 4) is 0 Å². The highest BCUT2D eigenvalue weighted by Gasteiger charge is 2.05. The Bertz CT molecular complexity index is 544. The van der Waals surface area contributed by atoms with Crippen LogP contribution in [0.25, 0.3) is 0 Å². The van der Waals surface area contributed by atoms with Gasteiger partial charge in [-0.3, -0.25) is 0 Å². The summed E-state index contributed by atoms with van der Waals surface area (Å²) in [5, 5.41) is 4.59. The fourth-order valence-corrected chi connectivity index (χ4v) is 2.43. The topological polar surface area (TPSA) is 12.0 Å². The highest BCUT2D eigenvalue weighted by Crippen LogP contribution is 2.30. The molecule has 0 radical (unpaired) electrons. The number of benzene rings is 2. The van der Waals surface area contributed by atoms with Gasteiger partial charge in [-0.25, -0.2) is 0 Å². The number of para-hydroxylation sites is 1. The van der Waals surface area contributed by atoms with E-state index in [1.54, 1.807) is 0 Å². The smallest absolute Gasteiger partial charge is 0.0721 e. The predicted octanol–water partition coefficient (Wildman–Crippen LogP) is 5.22. The fourth-order valence-electron chi connectivity index (χ4n) is 1.89. The molecule has 18 heavy (non-hydrogen) atoms. The SMILES string of the molecule is Cc1ccc(CNc2c(Cl)cccc2Cl)c(C)c1. The normalized spacial score (nSPS) is 10.4. The number of anilines is 1. The molecule has 0 unspecified atom stereocenters. The summed E-state index contributed by atoms with van der Waals surface area (Å²) in [6.07, 6.45) is 0. The quantitative estimate of drug-likeness (QED) is 0.812. The first kappa shape index (κ1) is 13.3. The summed E-state index contributed by atoms with van der Waals surface area (Å²) in [5.74, 6) is 0. The molecule has 0 saturated carbocycles. The van der Waals surface area contributed by atoms with Crippen molar-refractivity contribution >= 4 is 28.9 Å². The highest BCUT2D eigenvalue weighted by atomic mass is 35.5. The zero-order valence-electron chi connectivity index (χ0n) is 10.4. The van der Waals surface area contributed by atoms with Crippen LogP contribution in [0, 0.1) is 13.8 Å². The van der Waals surface area contributed by atoms with E-state index in [9.17, 15) is 0 Å². The maximum absolute atomic E-state index is 6.11. The molecule has 0 bridgehead atoms. The molecule has 0 aromatic heterocycles. The molecule has 0 aliphatic rings. The Morgan fingerprint density at radius 3 is 2.28 bits per heavy atom. The number of halogens is 2. The first-order chi connectivity index (χ1) is 8.58. The van der Waals surface area contributed by atoms with Gasteiger partial charge in [0.15, 0.2) is 0 Å². The van der Waals surface area contributed by atoms with Crippen LogP contribution in [-0.4, -0.2) is 0 Å². The van der Waals surface area contributed by atoms with Crippen molar-refractivity contribution in [1.29, 1.82) is 0 Å². The third kappa shape index (κ3) is 2.98. The highest BCUT2D eigenvalue weighted by molar-refractivity contribution is 6.39. The van der Waals surface area contributed by atoms with E-state index in [1.165, 1.54) is 16.7 Å². The summed E-state index contributed by atoms with van der Waals surface area (Å²) in [6, 6.07) is 11.9. The lowest BCUT2D eigenvalue weighted by Crippen LogP contribution is -2.02. The number of hydrogen-bond donors (Lipinski definition) is 1. The van der Waals surface area contributed by atoms with Crippen LogP contribution < -0.4 is 5.32 Å². The second kappa shape index (κ2) is 5.64. The van der Waals surface area contributed by atoms with Crippen LogP contribution in [0.2, 0.25) is 10.0 Å². The number of nitrogens with one attached hydrogen (secondary N) is 1. The lowest BCUT2D eigenvalue weighted by Gasteiger charge is -2.12. The molecule has 0 fully saturated rings. The van der Waals surface area contributed by atoms with E-state index in [2.05, 4.69) is 37.4 Å². The molecule has 0 heterocycles. The van der Waals surface area contributed by atoms with Gasteiger partial charge in [0.25, 0.3) is 0 Å². The van der Waals surface area contributed by atoms with Gasteiger partial charge in [-0.15, -0.1) is 0 Å². The second-order valence-electron chi connectivity index (χ2n) is 4.38. The molecule has 0 aliphatic heterocycles. The van der Waals surface area contributed by atoms with Crippen molar-refractivity contribution in [3.05, 3.63) is 63.1 Å². The molecule has 0 aliphatic carbocycles. The molecule has 3 heteroatoms. The van der Waals surface area contributed by atoms with Crippen molar-refractivity contribution in [2.45, 2.75) is 20.4 Å². The molecule has 94 valence electrons. The molecular weight excluding hydrogens is 265 g/mol. The second-order valence-corrected chi connectivity index (χ2v) is 5.19. The Balaban J connectivity index is 2.16. The Kier molecular flexibility index (Phi) is 4.15. The van der Waals surface area contributed by atoms with E-state index in [-0.39, 0.29) is 0 Å². The molecule has 2 rings (SSSR count). The fraction of sp³-hybridized carbons (Fsp3) is 0.200. The van der Waals surface area contributed by atoms with E-state index < -0.39 is 0 Å². The summed E-state index contributed by atoms with van der Waals surface area (Å²) >= 11 is 12.2. The predicted molar refractivity (Wildman–Crippen MR) is 79.7 cm³/mol. The standard InChI is InChI=1S/C15H15Cl2N/c1-10-6-7-12(11(2)8-10)9-18-15-13(16)4-3-5-14(15)17/h3-8,18H,9H2,1-2H3. The van der Waals surface area contributed by atoms with Crippen LogP contribution in [0.1, 0.15) is 16.7 Å². The first-order valence-electron chi connectivity index (χ1n) is 5.82. The van der Waals surface area contributed by atoms with Crippen molar-refractivity contribution < 1.29 is 0 Å². The summed E-state index contributed by atoms with van der Waals surface area (Å²) in [6.45, 7) is 4.92. The van der Waals surface area contributed by atoms with Crippen molar-refractivity contribution in [2.24, 2.45) is 0 Å². The third-order valence-electron chi connectivity index (χ3n) is 2.92. The van der Waals surface area contributed by atoms with Gasteiger partial charge in [0.2, 0.25) is 0 Å². The van der Waals surface area contributed by atoms with Gasteiger partial charge in [-0.1, -0.05) is 53.0 Å². The van der Waals surface area contributed by atoms with Crippen LogP contribution in [0.4, 0.5) is 5.69 Å². The van der Waals surface area contributed by atoms with E-state index >= 15 is 0 Å². The van der Waals surface area contributed by atoms with E-state index in [1.807, 2.05) is 18.2 Å². The molecule has 1 N–H and O–H groups in total. The van der Waals surface area contributed by atoms with Crippen LogP contribution in [0.5, 0.6) is 0 Å². The van der Waals surface area contributed by atoms with Gasteiger partial charge in [-0.05, 0) is 37.1 Å². The minimum absolute atomic E-state index is 0.646. The zero-order chi connectivity index (χ0) is 13.1. The van der Waals surface area contributed by atoms with E-state index in [4.69, 9.17) is 23.2 Å². The minimum Gasteiger partial charge on any atom is -0.379 e. The van der Waals surface area contributed by atoms with Gasteiger partial charge >= 0.3 is 0 Å². The summed E-state index contributed by atoms with van der Waals surface area (Å²) < 4.78 is 0. The lowest BCUT2D eigenvalue weighted by atomic mass is 10.1. The van der Waals surface area contributed by atoms with Gasteiger partial charge < -0.3 is 5.32 Å². The molecule has 1 nitrogen and oxygen atoms in total. The van der Waals surface area contributed by atoms with Gasteiger partial charge in [-0.2, -0.15) is 0 Å². The molecule has 0 atom stereocenters. The Labute approximate surface area is 118 Å². The summed E-state index contributed by atoms with van der Waals surface area (Å²) in [7, 11) is 0. The largest absolute Gasteiger partial charge is 0.379 e. The van der Waals surface area contributed by atoms with Crippen molar-refractivity contribution in [2.75, 3.05) is 5.32 Å². The molecule has 2 aromatic carbocycles. The Morgan fingerprint density at radius 2 is 1.67 bits per heavy atom. The summed E-state index contributed by atoms with van der Waals surface area (Å²) in [4.78, 5) is 0. The number of rotatable bonds is 3. The monoisotopic (exact) mass is 279 g/mol. The average molecular weight is 280 g/mol. The minimum atomic E-state index is 0.646. The molecule has 0 amide bonds. The van der Waals surface area contributed by atoms with Crippen molar-refractivity contribution in [3.63, 3.8) is 0 Å². The lowest BCUT2D eigenvalue weighted by molar-refractivity contribution is 1.11. The molecule has 0 saturated heterocycles. The van der Waals surface area contributed by atoms with E-state index in [0.29, 0.717) is 10.0 Å². The Morgan fingerprint density at radius 1 is 1.00 bits per heavy atom. The summed E-state index contributed by atoms with van der Waals surface area (Å²) in [5.41, 5.74) is 4.58. The average Bonchev–Trinajstić information content (AvgIpc) is 2.31. The third-order valence-corrected chi connectivity index (χ3v) is 3.55. The molecular formula is C15H15Cl2N. The number of aryl methyl sites for hydroxylation is 2. The first-order valence-corrected chi connectivity index (χ1v) is 6.57.